The lowest BCUT2D eigenvalue weighted by atomic mass is 10.0. The Morgan fingerprint density at radius 2 is 2.10 bits per heavy atom. The molecule has 3 nitrogen and oxygen atoms in total. The lowest BCUT2D eigenvalue weighted by Gasteiger charge is -2.28. The fraction of sp³-hybridized carbons (Fsp3) is 0.500. The van der Waals surface area contributed by atoms with Gasteiger partial charge in [-0.25, -0.2) is 0 Å². The van der Waals surface area contributed by atoms with E-state index in [0.717, 1.165) is 11.3 Å². The van der Waals surface area contributed by atoms with E-state index in [1.807, 2.05) is 30.3 Å². The third-order valence-corrected chi connectivity index (χ3v) is 5.26. The topological polar surface area (TPSA) is 29.5 Å². The summed E-state index contributed by atoms with van der Waals surface area (Å²) in [7, 11) is 1.64. The van der Waals surface area contributed by atoms with Crippen LogP contribution in [0.2, 0.25) is 0 Å². The minimum atomic E-state index is -0.222. The van der Waals surface area contributed by atoms with Gasteiger partial charge in [-0.1, -0.05) is 68.2 Å². The number of rotatable bonds is 5. The van der Waals surface area contributed by atoms with Crippen LogP contribution in [-0.4, -0.2) is 34.0 Å². The zero-order valence-corrected chi connectivity index (χ0v) is 14.2. The summed E-state index contributed by atoms with van der Waals surface area (Å²) in [4.78, 5) is 14.4. The number of nitrogens with zero attached hydrogens (tertiary/aromatic N) is 1. The zero-order valence-electron chi connectivity index (χ0n) is 12.6. The van der Waals surface area contributed by atoms with Gasteiger partial charge in [0.15, 0.2) is 0 Å². The molecule has 0 aliphatic carbocycles. The van der Waals surface area contributed by atoms with Crippen LogP contribution in [0, 0.1) is 5.92 Å². The summed E-state index contributed by atoms with van der Waals surface area (Å²) in [5.74, 6) is 1.35. The normalized spacial score (nSPS) is 20.1. The highest BCUT2D eigenvalue weighted by Gasteiger charge is 2.36. The van der Waals surface area contributed by atoms with E-state index in [1.54, 1.807) is 23.8 Å². The molecule has 21 heavy (non-hydrogen) atoms. The monoisotopic (exact) mass is 323 g/mol. The van der Waals surface area contributed by atoms with E-state index in [4.69, 9.17) is 17.0 Å². The molecule has 2 rings (SSSR count). The highest BCUT2D eigenvalue weighted by molar-refractivity contribution is 8.23. The summed E-state index contributed by atoms with van der Waals surface area (Å²) in [6.45, 7) is 4.26. The minimum Gasteiger partial charge on any atom is -0.376 e. The van der Waals surface area contributed by atoms with E-state index < -0.39 is 0 Å². The van der Waals surface area contributed by atoms with Crippen LogP contribution in [0.5, 0.6) is 0 Å². The first-order valence-corrected chi connectivity index (χ1v) is 8.50. The summed E-state index contributed by atoms with van der Waals surface area (Å²) >= 11 is 6.94. The van der Waals surface area contributed by atoms with Crippen LogP contribution in [0.25, 0.3) is 0 Å². The maximum absolute atomic E-state index is 12.7. The Hall–Kier alpha value is -0.910. The molecule has 0 N–H and O–H groups in total. The maximum atomic E-state index is 12.7. The molecule has 0 bridgehead atoms. The molecule has 0 radical (unpaired) electrons. The second-order valence-electron chi connectivity index (χ2n) is 5.49. The Bertz CT molecular complexity index is 504. The first-order chi connectivity index (χ1) is 10.0. The minimum absolute atomic E-state index is 0.0550. The molecule has 0 unspecified atom stereocenters. The molecule has 1 amide bonds. The lowest BCUT2D eigenvalue weighted by Crippen LogP contribution is -2.42. The second-order valence-corrected chi connectivity index (χ2v) is 7.14. The highest BCUT2D eigenvalue weighted by atomic mass is 32.2. The number of thiocarbonyl (C=S) groups is 1. The van der Waals surface area contributed by atoms with Gasteiger partial charge in [0.05, 0.1) is 12.5 Å². The number of hydrogen-bond donors (Lipinski definition) is 0. The Morgan fingerprint density at radius 3 is 2.67 bits per heavy atom. The molecular weight excluding hydrogens is 302 g/mol. The molecule has 1 saturated heterocycles. The number of thioether (sulfide) groups is 1. The van der Waals surface area contributed by atoms with Gasteiger partial charge >= 0.3 is 0 Å². The predicted molar refractivity (Wildman–Crippen MR) is 91.3 cm³/mol. The fourth-order valence-corrected chi connectivity index (χ4v) is 4.14. The second kappa shape index (κ2) is 7.38. The Labute approximate surface area is 136 Å². The number of methoxy groups -OCH3 is 1. The number of amides is 1. The van der Waals surface area contributed by atoms with Crippen molar-refractivity contribution in [3.8, 4) is 0 Å². The van der Waals surface area contributed by atoms with Crippen molar-refractivity contribution in [1.29, 1.82) is 0 Å². The van der Waals surface area contributed by atoms with E-state index in [2.05, 4.69) is 13.8 Å². The van der Waals surface area contributed by atoms with E-state index in [1.165, 1.54) is 0 Å². The smallest absolute Gasteiger partial charge is 0.231 e. The van der Waals surface area contributed by atoms with Gasteiger partial charge in [-0.15, -0.1) is 0 Å². The van der Waals surface area contributed by atoms with Gasteiger partial charge in [-0.2, -0.15) is 0 Å². The first kappa shape index (κ1) is 16.5. The Kier molecular flexibility index (Phi) is 5.79. The van der Waals surface area contributed by atoms with Crippen molar-refractivity contribution in [1.82, 2.24) is 4.90 Å². The molecule has 1 aromatic carbocycles. The van der Waals surface area contributed by atoms with Crippen LogP contribution >= 0.6 is 24.0 Å². The zero-order chi connectivity index (χ0) is 15.4. The molecule has 5 heteroatoms. The molecule has 2 atom stereocenters. The van der Waals surface area contributed by atoms with Gasteiger partial charge in [0.1, 0.15) is 4.32 Å². The number of benzene rings is 1. The molecule has 0 saturated carbocycles. The third-order valence-electron chi connectivity index (χ3n) is 3.76. The van der Waals surface area contributed by atoms with Crippen LogP contribution in [0.4, 0.5) is 0 Å². The van der Waals surface area contributed by atoms with Crippen LogP contribution < -0.4 is 0 Å². The summed E-state index contributed by atoms with van der Waals surface area (Å²) in [6, 6.07) is 10.0. The van der Waals surface area contributed by atoms with Crippen molar-refractivity contribution in [2.75, 3.05) is 12.9 Å². The Balaban J connectivity index is 2.10. The molecule has 1 aromatic rings. The molecule has 1 heterocycles. The Morgan fingerprint density at radius 1 is 1.43 bits per heavy atom. The largest absolute Gasteiger partial charge is 0.376 e. The van der Waals surface area contributed by atoms with E-state index in [9.17, 15) is 4.79 Å². The van der Waals surface area contributed by atoms with Crippen LogP contribution in [-0.2, 0) is 9.53 Å². The fourth-order valence-electron chi connectivity index (χ4n) is 2.48. The van der Waals surface area contributed by atoms with E-state index in [0.29, 0.717) is 16.7 Å². The average molecular weight is 323 g/mol. The lowest BCUT2D eigenvalue weighted by molar-refractivity contribution is -0.131. The van der Waals surface area contributed by atoms with Gasteiger partial charge in [0.25, 0.3) is 0 Å². The van der Waals surface area contributed by atoms with E-state index >= 15 is 0 Å². The molecule has 0 spiro atoms. The van der Waals surface area contributed by atoms with Gasteiger partial charge in [-0.3, -0.25) is 9.69 Å². The van der Waals surface area contributed by atoms with Gasteiger partial charge in [0, 0.05) is 18.9 Å². The molecule has 114 valence electrons. The highest BCUT2D eigenvalue weighted by Crippen LogP contribution is 2.31. The number of ether oxygens (including phenoxy) is 1. The van der Waals surface area contributed by atoms with E-state index in [-0.39, 0.29) is 18.1 Å². The van der Waals surface area contributed by atoms with Gasteiger partial charge < -0.3 is 4.74 Å². The molecule has 1 fully saturated rings. The van der Waals surface area contributed by atoms with Gasteiger partial charge in [0.2, 0.25) is 5.91 Å². The number of carbonyl (C=O) groups excluding carboxylic acids is 1. The van der Waals surface area contributed by atoms with Crippen molar-refractivity contribution >= 4 is 34.2 Å². The SMILES string of the molecule is CO[C@H](CC(=O)N1C(=S)SC[C@H]1C(C)C)c1ccccc1. The summed E-state index contributed by atoms with van der Waals surface area (Å²) in [5.41, 5.74) is 1.02. The number of hydrogen-bond acceptors (Lipinski definition) is 4. The van der Waals surface area contributed by atoms with Crippen LogP contribution in [0.15, 0.2) is 30.3 Å². The summed E-state index contributed by atoms with van der Waals surface area (Å²) < 4.78 is 6.20. The summed E-state index contributed by atoms with van der Waals surface area (Å²) in [5, 5.41) is 0. The molecule has 1 aliphatic rings. The molecule has 1 aliphatic heterocycles. The predicted octanol–water partition coefficient (Wildman–Crippen LogP) is 3.65. The van der Waals surface area contributed by atoms with Gasteiger partial charge in [-0.05, 0) is 11.5 Å². The van der Waals surface area contributed by atoms with Crippen molar-refractivity contribution in [3.05, 3.63) is 35.9 Å². The van der Waals surface area contributed by atoms with Crippen LogP contribution in [0.1, 0.15) is 31.9 Å². The average Bonchev–Trinajstić information content (AvgIpc) is 2.87. The standard InChI is InChI=1S/C16H21NO2S2/c1-11(2)13-10-21-16(20)17(13)15(18)9-14(19-3)12-7-5-4-6-8-12/h4-8,11,13-14H,9-10H2,1-3H3/t13-,14+/m0/s1. The maximum Gasteiger partial charge on any atom is 0.231 e. The summed E-state index contributed by atoms with van der Waals surface area (Å²) in [6.07, 6.45) is 0.102. The first-order valence-electron chi connectivity index (χ1n) is 7.11. The quantitative estimate of drug-likeness (QED) is 0.774. The molecule has 0 aromatic heterocycles. The van der Waals surface area contributed by atoms with Crippen molar-refractivity contribution < 1.29 is 9.53 Å². The van der Waals surface area contributed by atoms with Crippen molar-refractivity contribution in [2.45, 2.75) is 32.4 Å². The third kappa shape index (κ3) is 3.84. The molecular formula is C16H21NO2S2. The van der Waals surface area contributed by atoms with Crippen molar-refractivity contribution in [3.63, 3.8) is 0 Å². The number of carbonyl (C=O) groups is 1. The van der Waals surface area contributed by atoms with Crippen molar-refractivity contribution in [2.24, 2.45) is 5.92 Å². The van der Waals surface area contributed by atoms with Crippen LogP contribution in [0.3, 0.4) is 0 Å².